The Balaban J connectivity index is 2.05. The largest absolute Gasteiger partial charge is 0.326 e. The highest BCUT2D eigenvalue weighted by atomic mass is 35.5. The van der Waals surface area contributed by atoms with Gasteiger partial charge in [0.1, 0.15) is 5.82 Å². The molecule has 0 aromatic heterocycles. The summed E-state index contributed by atoms with van der Waals surface area (Å²) in [5.74, 6) is -0.203. The van der Waals surface area contributed by atoms with E-state index in [0.29, 0.717) is 17.1 Å². The van der Waals surface area contributed by atoms with Gasteiger partial charge >= 0.3 is 0 Å². The van der Waals surface area contributed by atoms with Gasteiger partial charge in [-0.3, -0.25) is 4.79 Å². The third kappa shape index (κ3) is 3.80. The van der Waals surface area contributed by atoms with Gasteiger partial charge in [0, 0.05) is 11.6 Å². The number of alkyl halides is 1. The van der Waals surface area contributed by atoms with Gasteiger partial charge in [-0.15, -0.1) is 11.6 Å². The lowest BCUT2D eigenvalue weighted by atomic mass is 10.1. The summed E-state index contributed by atoms with van der Waals surface area (Å²) >= 11 is 5.80. The number of hydrogen-bond acceptors (Lipinski definition) is 1. The van der Waals surface area contributed by atoms with Gasteiger partial charge in [0.25, 0.3) is 0 Å². The molecule has 0 aliphatic carbocycles. The van der Waals surface area contributed by atoms with Gasteiger partial charge in [0.05, 0.1) is 6.42 Å². The first-order chi connectivity index (χ1) is 9.19. The van der Waals surface area contributed by atoms with Crippen molar-refractivity contribution in [3.8, 4) is 0 Å². The third-order valence-corrected chi connectivity index (χ3v) is 2.98. The third-order valence-electron chi connectivity index (χ3n) is 2.69. The van der Waals surface area contributed by atoms with Crippen molar-refractivity contribution in [2.24, 2.45) is 0 Å². The molecule has 4 heteroatoms. The SMILES string of the molecule is O=C(Cc1cccc(F)c1)Nc1ccccc1CCl. The fraction of sp³-hybridized carbons (Fsp3) is 0.133. The molecule has 0 atom stereocenters. The molecule has 0 heterocycles. The molecule has 0 radical (unpaired) electrons. The first-order valence-corrected chi connectivity index (χ1v) is 6.40. The lowest BCUT2D eigenvalue weighted by Crippen LogP contribution is -2.15. The highest BCUT2D eigenvalue weighted by Crippen LogP contribution is 2.17. The van der Waals surface area contributed by atoms with E-state index in [0.717, 1.165) is 5.56 Å². The molecule has 0 aliphatic rings. The Hall–Kier alpha value is -1.87. The van der Waals surface area contributed by atoms with Crippen LogP contribution in [0.1, 0.15) is 11.1 Å². The van der Waals surface area contributed by atoms with E-state index < -0.39 is 0 Å². The second-order valence-corrected chi connectivity index (χ2v) is 4.41. The molecule has 98 valence electrons. The van der Waals surface area contributed by atoms with Crippen LogP contribution in [0, 0.1) is 5.82 Å². The van der Waals surface area contributed by atoms with Crippen molar-refractivity contribution in [2.45, 2.75) is 12.3 Å². The number of hydrogen-bond donors (Lipinski definition) is 1. The normalized spacial score (nSPS) is 10.2. The minimum atomic E-state index is -0.341. The Morgan fingerprint density at radius 2 is 1.95 bits per heavy atom. The summed E-state index contributed by atoms with van der Waals surface area (Å²) in [6.07, 6.45) is 0.133. The van der Waals surface area contributed by atoms with Crippen LogP contribution < -0.4 is 5.32 Å². The van der Waals surface area contributed by atoms with E-state index in [1.165, 1.54) is 12.1 Å². The van der Waals surface area contributed by atoms with E-state index in [2.05, 4.69) is 5.32 Å². The minimum absolute atomic E-state index is 0.133. The van der Waals surface area contributed by atoms with Crippen LogP contribution in [0.5, 0.6) is 0 Å². The van der Waals surface area contributed by atoms with Crippen LogP contribution in [0.15, 0.2) is 48.5 Å². The molecular weight excluding hydrogens is 265 g/mol. The van der Waals surface area contributed by atoms with E-state index in [4.69, 9.17) is 11.6 Å². The zero-order valence-electron chi connectivity index (χ0n) is 10.2. The first kappa shape index (κ1) is 13.6. The Morgan fingerprint density at radius 1 is 1.16 bits per heavy atom. The Kier molecular flexibility index (Phi) is 4.53. The van der Waals surface area contributed by atoms with Crippen molar-refractivity contribution in [3.63, 3.8) is 0 Å². The highest BCUT2D eigenvalue weighted by Gasteiger charge is 2.07. The van der Waals surface area contributed by atoms with Crippen LogP contribution in [0.25, 0.3) is 0 Å². The Labute approximate surface area is 116 Å². The van der Waals surface area contributed by atoms with Gasteiger partial charge in [0.15, 0.2) is 0 Å². The molecule has 0 saturated carbocycles. The maximum atomic E-state index is 13.0. The molecule has 2 aromatic rings. The average Bonchev–Trinajstić information content (AvgIpc) is 2.39. The predicted octanol–water partition coefficient (Wildman–Crippen LogP) is 3.75. The number of benzene rings is 2. The highest BCUT2D eigenvalue weighted by molar-refractivity contribution is 6.17. The van der Waals surface area contributed by atoms with Crippen LogP contribution in [0.4, 0.5) is 10.1 Å². The molecule has 0 bridgehead atoms. The number of amides is 1. The van der Waals surface area contributed by atoms with Crippen molar-refractivity contribution in [2.75, 3.05) is 5.32 Å². The van der Waals surface area contributed by atoms with E-state index in [-0.39, 0.29) is 18.1 Å². The second kappa shape index (κ2) is 6.34. The zero-order valence-corrected chi connectivity index (χ0v) is 11.0. The van der Waals surface area contributed by atoms with Crippen LogP contribution in [-0.4, -0.2) is 5.91 Å². The molecule has 2 aromatic carbocycles. The summed E-state index contributed by atoms with van der Waals surface area (Å²) in [4.78, 5) is 11.9. The number of rotatable bonds is 4. The number of nitrogens with one attached hydrogen (secondary N) is 1. The smallest absolute Gasteiger partial charge is 0.228 e. The topological polar surface area (TPSA) is 29.1 Å². The number of carbonyl (C=O) groups is 1. The number of para-hydroxylation sites is 1. The fourth-order valence-corrected chi connectivity index (χ4v) is 2.02. The van der Waals surface area contributed by atoms with Crippen molar-refractivity contribution >= 4 is 23.2 Å². The zero-order chi connectivity index (χ0) is 13.7. The predicted molar refractivity (Wildman–Crippen MR) is 74.7 cm³/mol. The molecule has 0 unspecified atom stereocenters. The van der Waals surface area contributed by atoms with E-state index in [9.17, 15) is 9.18 Å². The van der Waals surface area contributed by atoms with Gasteiger partial charge in [0.2, 0.25) is 5.91 Å². The molecule has 2 rings (SSSR count). The lowest BCUT2D eigenvalue weighted by Gasteiger charge is -2.09. The lowest BCUT2D eigenvalue weighted by molar-refractivity contribution is -0.115. The average molecular weight is 278 g/mol. The van der Waals surface area contributed by atoms with Gasteiger partial charge in [-0.2, -0.15) is 0 Å². The number of carbonyl (C=O) groups excluding carboxylic acids is 1. The van der Waals surface area contributed by atoms with E-state index in [1.807, 2.05) is 18.2 Å². The second-order valence-electron chi connectivity index (χ2n) is 4.15. The molecule has 0 fully saturated rings. The van der Waals surface area contributed by atoms with Gasteiger partial charge < -0.3 is 5.32 Å². The van der Waals surface area contributed by atoms with Gasteiger partial charge in [-0.25, -0.2) is 4.39 Å². The van der Waals surface area contributed by atoms with Crippen LogP contribution >= 0.6 is 11.6 Å². The summed E-state index contributed by atoms with van der Waals surface area (Å²) in [6, 6.07) is 13.3. The summed E-state index contributed by atoms with van der Waals surface area (Å²) in [6.45, 7) is 0. The molecule has 19 heavy (non-hydrogen) atoms. The van der Waals surface area contributed by atoms with Crippen molar-refractivity contribution < 1.29 is 9.18 Å². The maximum absolute atomic E-state index is 13.0. The van der Waals surface area contributed by atoms with Crippen molar-refractivity contribution in [1.29, 1.82) is 0 Å². The first-order valence-electron chi connectivity index (χ1n) is 5.87. The van der Waals surface area contributed by atoms with Gasteiger partial charge in [-0.05, 0) is 29.3 Å². The van der Waals surface area contributed by atoms with Crippen LogP contribution in [0.2, 0.25) is 0 Å². The molecule has 0 aliphatic heterocycles. The molecule has 1 N–H and O–H groups in total. The summed E-state index contributed by atoms with van der Waals surface area (Å²) in [5, 5.41) is 2.78. The van der Waals surface area contributed by atoms with Gasteiger partial charge in [-0.1, -0.05) is 30.3 Å². The standard InChI is InChI=1S/C15H13ClFNO/c16-10-12-5-1-2-7-14(12)18-15(19)9-11-4-3-6-13(17)8-11/h1-8H,9-10H2,(H,18,19). The fourth-order valence-electron chi connectivity index (χ4n) is 1.79. The Bertz CT molecular complexity index is 586. The van der Waals surface area contributed by atoms with E-state index >= 15 is 0 Å². The summed E-state index contributed by atoms with van der Waals surface area (Å²) < 4.78 is 13.0. The maximum Gasteiger partial charge on any atom is 0.228 e. The van der Waals surface area contributed by atoms with Crippen molar-refractivity contribution in [3.05, 3.63) is 65.5 Å². The number of anilines is 1. The monoisotopic (exact) mass is 277 g/mol. The quantitative estimate of drug-likeness (QED) is 0.848. The van der Waals surface area contributed by atoms with Crippen LogP contribution in [0.3, 0.4) is 0 Å². The van der Waals surface area contributed by atoms with Crippen molar-refractivity contribution in [1.82, 2.24) is 0 Å². The molecule has 0 saturated heterocycles. The van der Waals surface area contributed by atoms with E-state index in [1.54, 1.807) is 18.2 Å². The summed E-state index contributed by atoms with van der Waals surface area (Å²) in [7, 11) is 0. The Morgan fingerprint density at radius 3 is 2.68 bits per heavy atom. The molecule has 1 amide bonds. The van der Waals surface area contributed by atoms with Crippen LogP contribution in [-0.2, 0) is 17.1 Å². The molecule has 0 spiro atoms. The number of halogens is 2. The minimum Gasteiger partial charge on any atom is -0.326 e. The molecule has 2 nitrogen and oxygen atoms in total. The summed E-state index contributed by atoms with van der Waals surface area (Å²) in [5.41, 5.74) is 2.19. The molecular formula is C15H13ClFNO.